The molecule has 0 atom stereocenters. The molecular formula is C17H18N2S. The normalized spacial score (nSPS) is 16.1. The van der Waals surface area contributed by atoms with E-state index in [1.54, 1.807) is 11.3 Å². The Morgan fingerprint density at radius 2 is 2.05 bits per heavy atom. The van der Waals surface area contributed by atoms with Crippen molar-refractivity contribution in [2.75, 3.05) is 0 Å². The van der Waals surface area contributed by atoms with E-state index in [1.807, 2.05) is 18.4 Å². The van der Waals surface area contributed by atoms with Crippen LogP contribution in [0.1, 0.15) is 47.9 Å². The van der Waals surface area contributed by atoms with Crippen LogP contribution >= 0.6 is 11.3 Å². The molecule has 0 radical (unpaired) electrons. The summed E-state index contributed by atoms with van der Waals surface area (Å²) >= 11 is 1.58. The molecule has 3 rings (SSSR count). The zero-order chi connectivity index (χ0) is 14.2. The highest BCUT2D eigenvalue weighted by Gasteiger charge is 2.25. The fourth-order valence-electron chi connectivity index (χ4n) is 2.57. The Bertz CT molecular complexity index is 701. The Morgan fingerprint density at radius 3 is 2.80 bits per heavy atom. The van der Waals surface area contributed by atoms with Gasteiger partial charge in [-0.2, -0.15) is 0 Å². The minimum Gasteiger partial charge on any atom is -0.244 e. The molecule has 2 nitrogen and oxygen atoms in total. The van der Waals surface area contributed by atoms with Crippen LogP contribution in [0.4, 0.5) is 0 Å². The SMILES string of the molecule is Cc1csc(C#Cc2ccc3c(n2)CCC(C)(C)C3)n1. The van der Waals surface area contributed by atoms with Crippen molar-refractivity contribution in [1.82, 2.24) is 9.97 Å². The lowest BCUT2D eigenvalue weighted by Gasteiger charge is -2.30. The molecule has 0 saturated carbocycles. The first-order chi connectivity index (χ1) is 9.52. The number of aromatic nitrogens is 2. The van der Waals surface area contributed by atoms with Crippen molar-refractivity contribution in [3.63, 3.8) is 0 Å². The maximum absolute atomic E-state index is 4.70. The van der Waals surface area contributed by atoms with Crippen LogP contribution in [0.3, 0.4) is 0 Å². The molecule has 2 heterocycles. The van der Waals surface area contributed by atoms with E-state index in [9.17, 15) is 0 Å². The predicted molar refractivity (Wildman–Crippen MR) is 82.9 cm³/mol. The molecule has 0 saturated heterocycles. The summed E-state index contributed by atoms with van der Waals surface area (Å²) in [5.74, 6) is 6.23. The molecule has 0 N–H and O–H groups in total. The second kappa shape index (κ2) is 5.03. The van der Waals surface area contributed by atoms with Crippen molar-refractivity contribution in [3.05, 3.63) is 45.2 Å². The van der Waals surface area contributed by atoms with Gasteiger partial charge in [-0.3, -0.25) is 0 Å². The molecule has 0 unspecified atom stereocenters. The van der Waals surface area contributed by atoms with Gasteiger partial charge in [-0.15, -0.1) is 11.3 Å². The van der Waals surface area contributed by atoms with Crippen LogP contribution in [0.2, 0.25) is 0 Å². The van der Waals surface area contributed by atoms with Crippen molar-refractivity contribution < 1.29 is 0 Å². The number of rotatable bonds is 0. The number of hydrogen-bond acceptors (Lipinski definition) is 3. The largest absolute Gasteiger partial charge is 0.244 e. The third kappa shape index (κ3) is 2.91. The second-order valence-corrected chi connectivity index (χ2v) is 7.05. The van der Waals surface area contributed by atoms with Crippen LogP contribution in [0, 0.1) is 24.2 Å². The highest BCUT2D eigenvalue weighted by atomic mass is 32.1. The Kier molecular flexibility index (Phi) is 3.35. The lowest BCUT2D eigenvalue weighted by Crippen LogP contribution is -2.23. The number of fused-ring (bicyclic) bond motifs is 1. The average Bonchev–Trinajstić information content (AvgIpc) is 2.81. The Morgan fingerprint density at radius 1 is 1.20 bits per heavy atom. The molecule has 3 heteroatoms. The summed E-state index contributed by atoms with van der Waals surface area (Å²) < 4.78 is 0. The summed E-state index contributed by atoms with van der Waals surface area (Å²) in [7, 11) is 0. The molecule has 20 heavy (non-hydrogen) atoms. The molecule has 0 amide bonds. The van der Waals surface area contributed by atoms with Crippen molar-refractivity contribution in [2.45, 2.75) is 40.0 Å². The van der Waals surface area contributed by atoms with Gasteiger partial charge in [-0.05, 0) is 55.1 Å². The van der Waals surface area contributed by atoms with E-state index in [0.29, 0.717) is 5.41 Å². The maximum atomic E-state index is 4.70. The third-order valence-corrected chi connectivity index (χ3v) is 4.57. The topological polar surface area (TPSA) is 25.8 Å². The molecule has 102 valence electrons. The number of thiazole rings is 1. The molecule has 0 fully saturated rings. The third-order valence-electron chi connectivity index (χ3n) is 3.69. The van der Waals surface area contributed by atoms with E-state index in [0.717, 1.165) is 29.2 Å². The molecule has 2 aromatic rings. The van der Waals surface area contributed by atoms with Crippen LogP contribution in [-0.4, -0.2) is 9.97 Å². The smallest absolute Gasteiger partial charge is 0.167 e. The van der Waals surface area contributed by atoms with Gasteiger partial charge in [-0.1, -0.05) is 19.9 Å². The number of aryl methyl sites for hydroxylation is 2. The zero-order valence-corrected chi connectivity index (χ0v) is 13.0. The monoisotopic (exact) mass is 282 g/mol. The molecular weight excluding hydrogens is 264 g/mol. The van der Waals surface area contributed by atoms with Gasteiger partial charge in [0.05, 0.1) is 0 Å². The molecule has 1 aliphatic carbocycles. The number of pyridine rings is 1. The zero-order valence-electron chi connectivity index (χ0n) is 12.2. The fraction of sp³-hybridized carbons (Fsp3) is 0.412. The number of nitrogens with zero attached hydrogens (tertiary/aromatic N) is 2. The van der Waals surface area contributed by atoms with E-state index in [-0.39, 0.29) is 0 Å². The first-order valence-corrected chi connectivity index (χ1v) is 7.83. The Balaban J connectivity index is 1.85. The molecule has 1 aliphatic rings. The van der Waals surface area contributed by atoms with Crippen molar-refractivity contribution in [3.8, 4) is 11.8 Å². The van der Waals surface area contributed by atoms with Crippen molar-refractivity contribution in [1.29, 1.82) is 0 Å². The van der Waals surface area contributed by atoms with Gasteiger partial charge >= 0.3 is 0 Å². The summed E-state index contributed by atoms with van der Waals surface area (Å²) in [5.41, 5.74) is 4.90. The van der Waals surface area contributed by atoms with Gasteiger partial charge in [0.2, 0.25) is 0 Å². The summed E-state index contributed by atoms with van der Waals surface area (Å²) in [6.07, 6.45) is 3.39. The fourth-order valence-corrected chi connectivity index (χ4v) is 3.21. The van der Waals surface area contributed by atoms with Gasteiger partial charge < -0.3 is 0 Å². The lowest BCUT2D eigenvalue weighted by atomic mass is 9.76. The molecule has 0 bridgehead atoms. The first-order valence-electron chi connectivity index (χ1n) is 6.95. The molecule has 0 aliphatic heterocycles. The quantitative estimate of drug-likeness (QED) is 0.688. The predicted octanol–water partition coefficient (Wildman–Crippen LogP) is 3.76. The highest BCUT2D eigenvalue weighted by molar-refractivity contribution is 7.10. The van der Waals surface area contributed by atoms with Crippen LogP contribution in [0.15, 0.2) is 17.5 Å². The summed E-state index contributed by atoms with van der Waals surface area (Å²) in [5, 5.41) is 2.88. The number of hydrogen-bond donors (Lipinski definition) is 0. The van der Waals surface area contributed by atoms with Crippen molar-refractivity contribution >= 4 is 11.3 Å². The van der Waals surface area contributed by atoms with Crippen LogP contribution in [-0.2, 0) is 12.8 Å². The first kappa shape index (κ1) is 13.3. The average molecular weight is 282 g/mol. The van der Waals surface area contributed by atoms with Gasteiger partial charge in [0.15, 0.2) is 5.01 Å². The highest BCUT2D eigenvalue weighted by Crippen LogP contribution is 2.33. The van der Waals surface area contributed by atoms with E-state index in [1.165, 1.54) is 17.7 Å². The molecule has 0 spiro atoms. The minimum absolute atomic E-state index is 0.403. The van der Waals surface area contributed by atoms with Gasteiger partial charge in [0.25, 0.3) is 0 Å². The summed E-state index contributed by atoms with van der Waals surface area (Å²) in [6.45, 7) is 6.64. The van der Waals surface area contributed by atoms with E-state index >= 15 is 0 Å². The van der Waals surface area contributed by atoms with Gasteiger partial charge in [-0.25, -0.2) is 9.97 Å². The minimum atomic E-state index is 0.403. The Labute approximate surface area is 124 Å². The summed E-state index contributed by atoms with van der Waals surface area (Å²) in [6, 6.07) is 4.23. The second-order valence-electron chi connectivity index (χ2n) is 6.19. The van der Waals surface area contributed by atoms with Gasteiger partial charge in [0, 0.05) is 16.8 Å². The van der Waals surface area contributed by atoms with Gasteiger partial charge in [0.1, 0.15) is 5.69 Å². The Hall–Kier alpha value is -1.66. The maximum Gasteiger partial charge on any atom is 0.167 e. The van der Waals surface area contributed by atoms with Crippen molar-refractivity contribution in [2.24, 2.45) is 5.41 Å². The standard InChI is InChI=1S/C17H18N2S/c1-12-11-20-16(18-12)7-6-14-5-4-13-10-17(2,3)9-8-15(13)19-14/h4-5,11H,8-10H2,1-3H3. The van der Waals surface area contributed by atoms with E-state index < -0.39 is 0 Å². The van der Waals surface area contributed by atoms with Crippen LogP contribution in [0.25, 0.3) is 0 Å². The lowest BCUT2D eigenvalue weighted by molar-refractivity contribution is 0.312. The van der Waals surface area contributed by atoms with E-state index in [2.05, 4.69) is 36.7 Å². The summed E-state index contributed by atoms with van der Waals surface area (Å²) in [4.78, 5) is 9.05. The van der Waals surface area contributed by atoms with Crippen LogP contribution in [0.5, 0.6) is 0 Å². The molecule has 0 aromatic carbocycles. The van der Waals surface area contributed by atoms with Crippen LogP contribution < -0.4 is 0 Å². The van der Waals surface area contributed by atoms with E-state index in [4.69, 9.17) is 4.98 Å². The molecule has 2 aromatic heterocycles.